The van der Waals surface area contributed by atoms with Crippen molar-refractivity contribution in [3.05, 3.63) is 59.4 Å². The van der Waals surface area contributed by atoms with Crippen molar-refractivity contribution in [2.75, 3.05) is 11.1 Å². The summed E-state index contributed by atoms with van der Waals surface area (Å²) in [4.78, 5) is 12.5. The summed E-state index contributed by atoms with van der Waals surface area (Å²) < 4.78 is 1.67. The number of pyridine rings is 1. The first-order valence-corrected chi connectivity index (χ1v) is 6.67. The zero-order valence-electron chi connectivity index (χ0n) is 11.9. The first-order chi connectivity index (χ1) is 10.1. The second kappa shape index (κ2) is 4.94. The zero-order chi connectivity index (χ0) is 15.0. The Morgan fingerprint density at radius 1 is 1.24 bits per heavy atom. The van der Waals surface area contributed by atoms with E-state index in [1.807, 2.05) is 38.1 Å². The Morgan fingerprint density at radius 2 is 2.05 bits per heavy atom. The number of anilines is 2. The molecule has 21 heavy (non-hydrogen) atoms. The zero-order valence-corrected chi connectivity index (χ0v) is 11.9. The average molecular weight is 280 g/mol. The molecule has 3 N–H and O–H groups in total. The van der Waals surface area contributed by atoms with Crippen molar-refractivity contribution in [3.8, 4) is 0 Å². The number of carbonyl (C=O) groups excluding carboxylic acids is 1. The number of nitrogens with one attached hydrogen (secondary N) is 1. The van der Waals surface area contributed by atoms with Gasteiger partial charge in [-0.25, -0.2) is 4.52 Å². The Labute approximate surface area is 122 Å². The lowest BCUT2D eigenvalue weighted by atomic mass is 10.1. The lowest BCUT2D eigenvalue weighted by Crippen LogP contribution is -2.14. The Balaban J connectivity index is 1.99. The Morgan fingerprint density at radius 3 is 2.86 bits per heavy atom. The summed E-state index contributed by atoms with van der Waals surface area (Å²) in [5.41, 5.74) is 10.5. The lowest BCUT2D eigenvalue weighted by molar-refractivity contribution is 0.102. The van der Waals surface area contributed by atoms with Gasteiger partial charge in [0.15, 0.2) is 0 Å². The van der Waals surface area contributed by atoms with Gasteiger partial charge in [-0.05, 0) is 43.2 Å². The molecule has 2 heterocycles. The molecule has 0 aliphatic carbocycles. The van der Waals surface area contributed by atoms with Gasteiger partial charge in [-0.2, -0.15) is 5.10 Å². The number of aryl methyl sites for hydroxylation is 1. The number of nitrogen functional groups attached to an aromatic ring is 1. The molecule has 0 radical (unpaired) electrons. The van der Waals surface area contributed by atoms with Gasteiger partial charge in [0.1, 0.15) is 0 Å². The van der Waals surface area contributed by atoms with Crippen molar-refractivity contribution < 1.29 is 4.79 Å². The number of nitrogens with two attached hydrogens (primary N) is 1. The molecule has 3 aromatic rings. The molecule has 0 saturated heterocycles. The highest BCUT2D eigenvalue weighted by atomic mass is 16.1. The van der Waals surface area contributed by atoms with Crippen LogP contribution in [-0.2, 0) is 0 Å². The fourth-order valence-corrected chi connectivity index (χ4v) is 2.29. The van der Waals surface area contributed by atoms with Crippen molar-refractivity contribution in [2.24, 2.45) is 0 Å². The molecule has 2 aromatic heterocycles. The lowest BCUT2D eigenvalue weighted by Gasteiger charge is -2.13. The van der Waals surface area contributed by atoms with Gasteiger partial charge in [0.05, 0.1) is 28.7 Å². The molecular weight excluding hydrogens is 264 g/mol. The van der Waals surface area contributed by atoms with Crippen molar-refractivity contribution in [1.82, 2.24) is 9.61 Å². The van der Waals surface area contributed by atoms with E-state index in [-0.39, 0.29) is 5.91 Å². The second-order valence-electron chi connectivity index (χ2n) is 5.01. The molecule has 0 fully saturated rings. The quantitative estimate of drug-likeness (QED) is 0.709. The van der Waals surface area contributed by atoms with Crippen molar-refractivity contribution in [1.29, 1.82) is 0 Å². The van der Waals surface area contributed by atoms with E-state index in [4.69, 9.17) is 5.73 Å². The number of rotatable bonds is 2. The van der Waals surface area contributed by atoms with E-state index in [0.717, 1.165) is 16.6 Å². The third-order valence-electron chi connectivity index (χ3n) is 3.68. The van der Waals surface area contributed by atoms with E-state index in [1.165, 1.54) is 0 Å². The van der Waals surface area contributed by atoms with Crippen LogP contribution in [0.25, 0.3) is 5.52 Å². The second-order valence-corrected chi connectivity index (χ2v) is 5.01. The molecule has 0 unspecified atom stereocenters. The standard InChI is InChI=1S/C16H16N4O/c1-10-6-7-13(17)15(11(10)2)19-16(21)12-9-18-20-8-4-3-5-14(12)20/h3-9H,17H2,1-2H3,(H,19,21). The van der Waals surface area contributed by atoms with Crippen LogP contribution in [0, 0.1) is 13.8 Å². The van der Waals surface area contributed by atoms with E-state index >= 15 is 0 Å². The summed E-state index contributed by atoms with van der Waals surface area (Å²) in [5.74, 6) is -0.211. The first kappa shape index (κ1) is 13.2. The molecule has 0 bridgehead atoms. The largest absolute Gasteiger partial charge is 0.397 e. The van der Waals surface area contributed by atoms with Gasteiger partial charge < -0.3 is 11.1 Å². The van der Waals surface area contributed by atoms with Crippen molar-refractivity contribution >= 4 is 22.8 Å². The summed E-state index contributed by atoms with van der Waals surface area (Å²) in [5, 5.41) is 7.06. The van der Waals surface area contributed by atoms with Crippen LogP contribution in [-0.4, -0.2) is 15.5 Å². The fraction of sp³-hybridized carbons (Fsp3) is 0.125. The maximum absolute atomic E-state index is 12.5. The number of benzene rings is 1. The Kier molecular flexibility index (Phi) is 3.10. The molecule has 5 nitrogen and oxygen atoms in total. The number of amides is 1. The molecule has 0 spiro atoms. The van der Waals surface area contributed by atoms with E-state index < -0.39 is 0 Å². The summed E-state index contributed by atoms with van der Waals surface area (Å²) in [6.45, 7) is 3.93. The SMILES string of the molecule is Cc1ccc(N)c(NC(=O)c2cnn3ccccc23)c1C. The highest BCUT2D eigenvalue weighted by Crippen LogP contribution is 2.26. The minimum Gasteiger partial charge on any atom is -0.397 e. The number of carbonyl (C=O) groups is 1. The number of aromatic nitrogens is 2. The fourth-order valence-electron chi connectivity index (χ4n) is 2.29. The van der Waals surface area contributed by atoms with Crippen LogP contribution in [0.1, 0.15) is 21.5 Å². The molecule has 0 saturated carbocycles. The minimum atomic E-state index is -0.211. The van der Waals surface area contributed by atoms with Gasteiger partial charge in [-0.3, -0.25) is 4.79 Å². The summed E-state index contributed by atoms with van der Waals surface area (Å²) in [6.07, 6.45) is 3.37. The third kappa shape index (κ3) is 2.23. The third-order valence-corrected chi connectivity index (χ3v) is 3.68. The minimum absolute atomic E-state index is 0.211. The molecule has 0 atom stereocenters. The highest BCUT2D eigenvalue weighted by Gasteiger charge is 2.15. The first-order valence-electron chi connectivity index (χ1n) is 6.67. The maximum Gasteiger partial charge on any atom is 0.259 e. The van der Waals surface area contributed by atoms with E-state index in [0.29, 0.717) is 16.9 Å². The van der Waals surface area contributed by atoms with Crippen LogP contribution in [0.15, 0.2) is 42.7 Å². The van der Waals surface area contributed by atoms with E-state index in [9.17, 15) is 4.79 Å². The van der Waals surface area contributed by atoms with E-state index in [2.05, 4.69) is 10.4 Å². The van der Waals surface area contributed by atoms with Crippen LogP contribution in [0.5, 0.6) is 0 Å². The molecule has 3 rings (SSSR count). The number of nitrogens with zero attached hydrogens (tertiary/aromatic N) is 2. The predicted molar refractivity (Wildman–Crippen MR) is 83.5 cm³/mol. The van der Waals surface area contributed by atoms with Crippen LogP contribution in [0.3, 0.4) is 0 Å². The van der Waals surface area contributed by atoms with Crippen LogP contribution < -0.4 is 11.1 Å². The molecule has 1 amide bonds. The smallest absolute Gasteiger partial charge is 0.259 e. The van der Waals surface area contributed by atoms with Gasteiger partial charge in [-0.15, -0.1) is 0 Å². The van der Waals surface area contributed by atoms with Crippen LogP contribution >= 0.6 is 0 Å². The molecule has 1 aromatic carbocycles. The molecule has 0 aliphatic rings. The van der Waals surface area contributed by atoms with Gasteiger partial charge in [0.25, 0.3) is 5.91 Å². The average Bonchev–Trinajstić information content (AvgIpc) is 2.91. The number of hydrogen-bond acceptors (Lipinski definition) is 3. The predicted octanol–water partition coefficient (Wildman–Crippen LogP) is 2.79. The van der Waals surface area contributed by atoms with Gasteiger partial charge in [0, 0.05) is 6.20 Å². The number of hydrogen-bond donors (Lipinski definition) is 2. The molecule has 5 heteroatoms. The van der Waals surface area contributed by atoms with Gasteiger partial charge in [-0.1, -0.05) is 12.1 Å². The molecule has 0 aliphatic heterocycles. The molecule has 106 valence electrons. The van der Waals surface area contributed by atoms with Gasteiger partial charge >= 0.3 is 0 Å². The highest BCUT2D eigenvalue weighted by molar-refractivity contribution is 6.10. The van der Waals surface area contributed by atoms with Crippen LogP contribution in [0.4, 0.5) is 11.4 Å². The monoisotopic (exact) mass is 280 g/mol. The van der Waals surface area contributed by atoms with E-state index in [1.54, 1.807) is 23.0 Å². The summed E-state index contributed by atoms with van der Waals surface area (Å²) in [7, 11) is 0. The Bertz CT molecular complexity index is 835. The summed E-state index contributed by atoms with van der Waals surface area (Å²) in [6, 6.07) is 9.34. The molecular formula is C16H16N4O. The van der Waals surface area contributed by atoms with Gasteiger partial charge in [0.2, 0.25) is 0 Å². The normalized spacial score (nSPS) is 10.8. The number of fused-ring (bicyclic) bond motifs is 1. The summed E-state index contributed by atoms with van der Waals surface area (Å²) >= 11 is 0. The van der Waals surface area contributed by atoms with Crippen molar-refractivity contribution in [2.45, 2.75) is 13.8 Å². The Hall–Kier alpha value is -2.82. The van der Waals surface area contributed by atoms with Crippen molar-refractivity contribution in [3.63, 3.8) is 0 Å². The maximum atomic E-state index is 12.5. The van der Waals surface area contributed by atoms with Crippen LogP contribution in [0.2, 0.25) is 0 Å². The topological polar surface area (TPSA) is 72.4 Å².